The Balaban J connectivity index is 1.19. The molecule has 15 heteroatoms. The number of piperidine rings is 1. The summed E-state index contributed by atoms with van der Waals surface area (Å²) in [5.41, 5.74) is 1.55. The largest absolute Gasteiger partial charge is 0.511 e. The van der Waals surface area contributed by atoms with Gasteiger partial charge < -0.3 is 32.9 Å². The van der Waals surface area contributed by atoms with E-state index in [0.717, 1.165) is 11.1 Å². The zero-order valence-electron chi connectivity index (χ0n) is 29.7. The fourth-order valence-corrected chi connectivity index (χ4v) is 5.55. The van der Waals surface area contributed by atoms with Gasteiger partial charge >= 0.3 is 24.2 Å². The first-order valence-corrected chi connectivity index (χ1v) is 17.0. The molecule has 1 fully saturated rings. The summed E-state index contributed by atoms with van der Waals surface area (Å²) in [5, 5.41) is 4.08. The van der Waals surface area contributed by atoms with Gasteiger partial charge in [-0.15, -0.1) is 0 Å². The van der Waals surface area contributed by atoms with Crippen molar-refractivity contribution in [1.29, 1.82) is 0 Å². The van der Waals surface area contributed by atoms with E-state index >= 15 is 0 Å². The first-order chi connectivity index (χ1) is 25.4. The lowest BCUT2D eigenvalue weighted by atomic mass is 9.78. The molecule has 2 heterocycles. The molecule has 0 bridgehead atoms. The van der Waals surface area contributed by atoms with Gasteiger partial charge in [-0.25, -0.2) is 14.0 Å². The Morgan fingerprint density at radius 1 is 0.755 bits per heavy atom. The molecule has 14 nitrogen and oxygen atoms in total. The van der Waals surface area contributed by atoms with E-state index in [4.69, 9.17) is 32.9 Å². The normalized spacial score (nSPS) is 14.0. The monoisotopic (exact) mass is 733 g/mol. The molecule has 0 N–H and O–H groups in total. The van der Waals surface area contributed by atoms with Gasteiger partial charge in [-0.1, -0.05) is 65.8 Å². The summed E-state index contributed by atoms with van der Waals surface area (Å²) in [5.74, 6) is -1.80. The van der Waals surface area contributed by atoms with Gasteiger partial charge in [0.05, 0.1) is 12.2 Å². The minimum atomic E-state index is -1.75. The van der Waals surface area contributed by atoms with E-state index in [-0.39, 0.29) is 18.7 Å². The molecule has 1 aliphatic heterocycles. The Labute approximate surface area is 305 Å². The maximum atomic E-state index is 14.9. The number of ether oxygens (including phenoxy) is 6. The van der Waals surface area contributed by atoms with E-state index < -0.39 is 61.3 Å². The van der Waals surface area contributed by atoms with E-state index in [1.807, 2.05) is 59.5 Å². The molecule has 0 spiro atoms. The van der Waals surface area contributed by atoms with Gasteiger partial charge in [0.15, 0.2) is 5.41 Å². The Hall–Kier alpha value is -5.83. The van der Waals surface area contributed by atoms with Crippen LogP contribution in [0, 0.1) is 11.2 Å². The average molecular weight is 734 g/mol. The number of nitrogens with zero attached hydrogens (tertiary/aromatic N) is 3. The highest BCUT2D eigenvalue weighted by Crippen LogP contribution is 2.36. The molecule has 5 rings (SSSR count). The first kappa shape index (κ1) is 38.4. The van der Waals surface area contributed by atoms with E-state index in [2.05, 4.69) is 10.1 Å². The predicted molar refractivity (Wildman–Crippen MR) is 185 cm³/mol. The number of halogens is 1. The van der Waals surface area contributed by atoms with Gasteiger partial charge in [-0.05, 0) is 63.8 Å². The third-order valence-electron chi connectivity index (χ3n) is 8.23. The topological polar surface area (TPSA) is 166 Å². The van der Waals surface area contributed by atoms with Crippen molar-refractivity contribution in [2.75, 3.05) is 26.7 Å². The lowest BCUT2D eigenvalue weighted by molar-refractivity contribution is -0.186. The summed E-state index contributed by atoms with van der Waals surface area (Å²) in [6.07, 6.45) is -2.95. The molecular weight excluding hydrogens is 693 g/mol. The molecule has 0 saturated carbocycles. The molecule has 3 aromatic carbocycles. The summed E-state index contributed by atoms with van der Waals surface area (Å²) in [6, 6.07) is 21.5. The molecule has 4 aromatic rings. The van der Waals surface area contributed by atoms with Crippen LogP contribution in [0.4, 0.5) is 14.0 Å². The van der Waals surface area contributed by atoms with Crippen molar-refractivity contribution in [1.82, 2.24) is 15.0 Å². The third-order valence-corrected chi connectivity index (χ3v) is 8.23. The molecule has 0 amide bonds. The smallest absolute Gasteiger partial charge is 0.431 e. The number of carbonyl (C=O) groups is 4. The van der Waals surface area contributed by atoms with E-state index in [1.54, 1.807) is 39.8 Å². The van der Waals surface area contributed by atoms with Crippen molar-refractivity contribution in [3.8, 4) is 34.0 Å². The van der Waals surface area contributed by atoms with E-state index in [9.17, 15) is 23.6 Å². The standard InChI is InChI=1S/C38H40FN3O11/c1-24(2)51-36(45)49-22-47-34(43)38(35(44)48-23-50-37(46)52-25(3)4)16-18-42(19-17-38)21-26-10-12-28(13-11-26)32-40-33(53-41-32)29-14-15-30(31(39)20-29)27-8-6-5-7-9-27/h5-15,20,24-25H,16-19,21-23H2,1-4H3. The van der Waals surface area contributed by atoms with Gasteiger partial charge in [0.1, 0.15) is 5.82 Å². The maximum Gasteiger partial charge on any atom is 0.511 e. The van der Waals surface area contributed by atoms with Crippen molar-refractivity contribution in [2.24, 2.45) is 5.41 Å². The Morgan fingerprint density at radius 3 is 1.87 bits per heavy atom. The van der Waals surface area contributed by atoms with Crippen LogP contribution in [-0.4, -0.2) is 78.2 Å². The summed E-state index contributed by atoms with van der Waals surface area (Å²) < 4.78 is 50.0. The minimum absolute atomic E-state index is 0.00812. The first-order valence-electron chi connectivity index (χ1n) is 17.0. The van der Waals surface area contributed by atoms with Crippen LogP contribution in [0.25, 0.3) is 34.0 Å². The van der Waals surface area contributed by atoms with Crippen molar-refractivity contribution in [2.45, 2.75) is 59.3 Å². The van der Waals surface area contributed by atoms with E-state index in [0.29, 0.717) is 42.1 Å². The number of carbonyl (C=O) groups excluding carboxylic acids is 4. The van der Waals surface area contributed by atoms with Crippen LogP contribution in [0.15, 0.2) is 77.3 Å². The second kappa shape index (κ2) is 17.6. The van der Waals surface area contributed by atoms with Crippen LogP contribution in [0.5, 0.6) is 0 Å². The summed E-state index contributed by atoms with van der Waals surface area (Å²) in [4.78, 5) is 56.5. The predicted octanol–water partition coefficient (Wildman–Crippen LogP) is 6.92. The number of aromatic nitrogens is 2. The molecule has 0 radical (unpaired) electrons. The molecule has 280 valence electrons. The van der Waals surface area contributed by atoms with Crippen LogP contribution in [0.1, 0.15) is 46.1 Å². The third kappa shape index (κ3) is 10.2. The van der Waals surface area contributed by atoms with Gasteiger partial charge in [0.2, 0.25) is 19.4 Å². The van der Waals surface area contributed by atoms with Crippen molar-refractivity contribution in [3.05, 3.63) is 84.2 Å². The fraction of sp³-hybridized carbons (Fsp3) is 0.368. The molecule has 0 aliphatic carbocycles. The minimum Gasteiger partial charge on any atom is -0.431 e. The van der Waals surface area contributed by atoms with Crippen LogP contribution >= 0.6 is 0 Å². The molecule has 53 heavy (non-hydrogen) atoms. The molecule has 0 unspecified atom stereocenters. The lowest BCUT2D eigenvalue weighted by Gasteiger charge is -2.37. The highest BCUT2D eigenvalue weighted by atomic mass is 19.1. The summed E-state index contributed by atoms with van der Waals surface area (Å²) >= 11 is 0. The number of esters is 2. The number of hydrogen-bond donors (Lipinski definition) is 0. The second-order valence-electron chi connectivity index (χ2n) is 12.8. The second-order valence-corrected chi connectivity index (χ2v) is 12.8. The Morgan fingerprint density at radius 2 is 1.32 bits per heavy atom. The number of likely N-dealkylation sites (tertiary alicyclic amines) is 1. The average Bonchev–Trinajstić information content (AvgIpc) is 3.62. The van der Waals surface area contributed by atoms with E-state index in [1.165, 1.54) is 6.07 Å². The lowest BCUT2D eigenvalue weighted by Crippen LogP contribution is -2.50. The molecule has 1 aliphatic rings. The van der Waals surface area contributed by atoms with Crippen molar-refractivity contribution in [3.63, 3.8) is 0 Å². The van der Waals surface area contributed by atoms with Crippen molar-refractivity contribution < 1.29 is 56.5 Å². The summed E-state index contributed by atoms with van der Waals surface area (Å²) in [7, 11) is 0. The highest BCUT2D eigenvalue weighted by Gasteiger charge is 2.51. The number of benzene rings is 3. The molecular formula is C38H40FN3O11. The van der Waals surface area contributed by atoms with Crippen molar-refractivity contribution >= 4 is 24.2 Å². The molecule has 1 aromatic heterocycles. The van der Waals surface area contributed by atoms with Gasteiger partial charge in [0, 0.05) is 36.3 Å². The Bertz CT molecular complexity index is 1830. The molecule has 0 atom stereocenters. The number of rotatable bonds is 13. The highest BCUT2D eigenvalue weighted by molar-refractivity contribution is 6.00. The fourth-order valence-electron chi connectivity index (χ4n) is 5.55. The van der Waals surface area contributed by atoms with Gasteiger partial charge in [-0.3, -0.25) is 14.5 Å². The van der Waals surface area contributed by atoms with Crippen LogP contribution in [0.2, 0.25) is 0 Å². The van der Waals surface area contributed by atoms with Crippen LogP contribution < -0.4 is 0 Å². The van der Waals surface area contributed by atoms with Crippen LogP contribution in [0.3, 0.4) is 0 Å². The molecule has 1 saturated heterocycles. The summed E-state index contributed by atoms with van der Waals surface area (Å²) in [6.45, 7) is 6.04. The van der Waals surface area contributed by atoms with Gasteiger partial charge in [-0.2, -0.15) is 4.98 Å². The number of hydrogen-bond acceptors (Lipinski definition) is 14. The Kier molecular flexibility index (Phi) is 12.7. The van der Waals surface area contributed by atoms with Crippen LogP contribution in [-0.2, 0) is 44.6 Å². The van der Waals surface area contributed by atoms with Gasteiger partial charge in [0.25, 0.3) is 5.89 Å². The maximum absolute atomic E-state index is 14.9. The zero-order valence-corrected chi connectivity index (χ0v) is 29.7. The zero-order chi connectivity index (χ0) is 38.0. The quantitative estimate of drug-likeness (QED) is 0.0602. The SMILES string of the molecule is CC(C)OC(=O)OCOC(=O)C1(C(=O)OCOC(=O)OC(C)C)CCN(Cc2ccc(-c3noc(-c4ccc(-c5ccccc5)c(F)c4)n3)cc2)CC1.